The van der Waals surface area contributed by atoms with Crippen LogP contribution in [0, 0.1) is 0 Å². The molecule has 0 spiro atoms. The highest BCUT2D eigenvalue weighted by atomic mass is 35.5. The zero-order valence-corrected chi connectivity index (χ0v) is 20.3. The molecule has 1 aliphatic rings. The first-order valence-corrected chi connectivity index (χ1v) is 12.9. The molecule has 0 atom stereocenters. The second-order valence-electron chi connectivity index (χ2n) is 8.00. The van der Waals surface area contributed by atoms with Gasteiger partial charge < -0.3 is 10.1 Å². The van der Waals surface area contributed by atoms with Crippen molar-refractivity contribution in [3.63, 3.8) is 0 Å². The molecule has 8 nitrogen and oxygen atoms in total. The van der Waals surface area contributed by atoms with Gasteiger partial charge in [-0.05, 0) is 37.1 Å². The molecule has 0 unspecified atom stereocenters. The highest BCUT2D eigenvalue weighted by Gasteiger charge is 2.18. The molecule has 1 aliphatic carbocycles. The topological polar surface area (TPSA) is 106 Å². The number of hydrogen-bond donors (Lipinski definition) is 2. The van der Waals surface area contributed by atoms with Gasteiger partial charge in [0.05, 0.1) is 24.0 Å². The van der Waals surface area contributed by atoms with E-state index in [1.54, 1.807) is 36.7 Å². The number of benzene rings is 1. The monoisotopic (exact) mass is 499 g/mol. The number of anilines is 2. The van der Waals surface area contributed by atoms with Crippen LogP contribution in [0.4, 0.5) is 11.6 Å². The van der Waals surface area contributed by atoms with Crippen molar-refractivity contribution in [1.29, 1.82) is 0 Å². The summed E-state index contributed by atoms with van der Waals surface area (Å²) in [5.74, 6) is 1.04. The van der Waals surface area contributed by atoms with Crippen molar-refractivity contribution in [3.05, 3.63) is 65.2 Å². The second-order valence-corrected chi connectivity index (χ2v) is 10.1. The summed E-state index contributed by atoms with van der Waals surface area (Å²) in [6, 6.07) is 8.23. The van der Waals surface area contributed by atoms with Crippen molar-refractivity contribution in [2.24, 2.45) is 0 Å². The van der Waals surface area contributed by atoms with E-state index in [4.69, 9.17) is 16.3 Å². The number of aromatic nitrogens is 3. The molecule has 1 saturated carbocycles. The molecule has 1 aromatic carbocycles. The van der Waals surface area contributed by atoms with Crippen LogP contribution in [0.5, 0.6) is 5.75 Å². The van der Waals surface area contributed by atoms with Crippen LogP contribution < -0.4 is 14.8 Å². The Morgan fingerprint density at radius 1 is 1.03 bits per heavy atom. The van der Waals surface area contributed by atoms with E-state index >= 15 is 0 Å². The zero-order valence-electron chi connectivity index (χ0n) is 18.7. The minimum atomic E-state index is -3.87. The van der Waals surface area contributed by atoms with Crippen LogP contribution in [0.3, 0.4) is 0 Å². The molecule has 0 aliphatic heterocycles. The van der Waals surface area contributed by atoms with Crippen molar-refractivity contribution in [1.82, 2.24) is 15.0 Å². The van der Waals surface area contributed by atoms with Crippen molar-refractivity contribution in [3.8, 4) is 5.75 Å². The predicted molar refractivity (Wildman–Crippen MR) is 135 cm³/mol. The van der Waals surface area contributed by atoms with Gasteiger partial charge in [0.15, 0.2) is 0 Å². The van der Waals surface area contributed by atoms with Gasteiger partial charge in [-0.15, -0.1) is 0 Å². The lowest BCUT2D eigenvalue weighted by molar-refractivity contribution is 0.412. The Kier molecular flexibility index (Phi) is 7.64. The number of pyridine rings is 1. The first-order valence-electron chi connectivity index (χ1n) is 11.0. The number of sulfonamides is 1. The number of ether oxygens (including phenoxy) is 1. The Hall–Kier alpha value is -3.17. The third kappa shape index (κ3) is 6.03. The molecule has 0 amide bonds. The van der Waals surface area contributed by atoms with E-state index in [1.165, 1.54) is 44.7 Å². The summed E-state index contributed by atoms with van der Waals surface area (Å²) in [7, 11) is -2.37. The van der Waals surface area contributed by atoms with Crippen LogP contribution in [0.2, 0.25) is 5.02 Å². The molecule has 0 saturated heterocycles. The lowest BCUT2D eigenvalue weighted by atomic mass is 9.96. The lowest BCUT2D eigenvalue weighted by Gasteiger charge is -2.22. The zero-order chi connectivity index (χ0) is 24.0. The summed E-state index contributed by atoms with van der Waals surface area (Å²) in [6.45, 7) is 0. The molecule has 0 bridgehead atoms. The van der Waals surface area contributed by atoms with Gasteiger partial charge in [-0.1, -0.05) is 43.0 Å². The van der Waals surface area contributed by atoms with E-state index in [-0.39, 0.29) is 15.6 Å². The Morgan fingerprint density at radius 3 is 2.47 bits per heavy atom. The number of methoxy groups -OCH3 is 1. The molecule has 2 N–H and O–H groups in total. The largest absolute Gasteiger partial charge is 0.494 e. The molecule has 3 aromatic rings. The molecular formula is C24H26ClN5O3S. The van der Waals surface area contributed by atoms with Gasteiger partial charge in [0.2, 0.25) is 5.95 Å². The lowest BCUT2D eigenvalue weighted by Crippen LogP contribution is -2.23. The maximum Gasteiger partial charge on any atom is 0.263 e. The maximum atomic E-state index is 12.7. The normalized spacial score (nSPS) is 14.8. The fourth-order valence-electron chi connectivity index (χ4n) is 3.78. The van der Waals surface area contributed by atoms with Crippen molar-refractivity contribution >= 4 is 45.4 Å². The summed E-state index contributed by atoms with van der Waals surface area (Å²) in [5, 5.41) is 3.53. The van der Waals surface area contributed by atoms with Crippen LogP contribution in [-0.2, 0) is 10.0 Å². The third-order valence-electron chi connectivity index (χ3n) is 5.52. The average Bonchev–Trinajstić information content (AvgIpc) is 2.84. The Balaban J connectivity index is 1.45. The van der Waals surface area contributed by atoms with E-state index in [2.05, 4.69) is 25.0 Å². The van der Waals surface area contributed by atoms with E-state index in [0.717, 1.165) is 18.4 Å². The summed E-state index contributed by atoms with van der Waals surface area (Å²) in [5.41, 5.74) is 1.60. The molecule has 1 fully saturated rings. The average molecular weight is 500 g/mol. The highest BCUT2D eigenvalue weighted by Crippen LogP contribution is 2.27. The molecule has 34 heavy (non-hydrogen) atoms. The first kappa shape index (κ1) is 24.0. The molecule has 4 rings (SSSR count). The van der Waals surface area contributed by atoms with Crippen molar-refractivity contribution < 1.29 is 13.2 Å². The fourth-order valence-corrected chi connectivity index (χ4v) is 5.33. The van der Waals surface area contributed by atoms with Crippen molar-refractivity contribution in [2.75, 3.05) is 17.1 Å². The fraction of sp³-hybridized carbons (Fsp3) is 0.292. The van der Waals surface area contributed by atoms with Gasteiger partial charge in [0.25, 0.3) is 10.0 Å². The van der Waals surface area contributed by atoms with Crippen LogP contribution in [0.1, 0.15) is 43.4 Å². The van der Waals surface area contributed by atoms with Crippen LogP contribution in [-0.4, -0.2) is 36.5 Å². The van der Waals surface area contributed by atoms with E-state index in [1.807, 2.05) is 6.08 Å². The molecule has 178 valence electrons. The van der Waals surface area contributed by atoms with Gasteiger partial charge in [-0.2, -0.15) is 0 Å². The predicted octanol–water partition coefficient (Wildman–Crippen LogP) is 5.25. The molecule has 0 radical (unpaired) electrons. The molecule has 2 aromatic heterocycles. The highest BCUT2D eigenvalue weighted by molar-refractivity contribution is 7.92. The molecule has 10 heteroatoms. The van der Waals surface area contributed by atoms with E-state index in [9.17, 15) is 8.42 Å². The van der Waals surface area contributed by atoms with E-state index in [0.29, 0.717) is 23.4 Å². The Morgan fingerprint density at radius 2 is 1.76 bits per heavy atom. The summed E-state index contributed by atoms with van der Waals surface area (Å²) in [4.78, 5) is 13.1. The number of rotatable bonds is 8. The van der Waals surface area contributed by atoms with Gasteiger partial charge in [-0.3, -0.25) is 9.71 Å². The number of halogens is 1. The quantitative estimate of drug-likeness (QED) is 0.436. The minimum absolute atomic E-state index is 0.0129. The van der Waals surface area contributed by atoms with Gasteiger partial charge in [0.1, 0.15) is 16.3 Å². The van der Waals surface area contributed by atoms with Crippen molar-refractivity contribution in [2.45, 2.75) is 43.0 Å². The van der Waals surface area contributed by atoms with Gasteiger partial charge in [0, 0.05) is 30.1 Å². The van der Waals surface area contributed by atoms with E-state index < -0.39 is 10.0 Å². The summed E-state index contributed by atoms with van der Waals surface area (Å²) < 4.78 is 33.2. The van der Waals surface area contributed by atoms with Gasteiger partial charge in [-0.25, -0.2) is 18.4 Å². The first-order chi connectivity index (χ1) is 16.4. The second kappa shape index (κ2) is 10.8. The minimum Gasteiger partial charge on any atom is -0.494 e. The van der Waals surface area contributed by atoms with Crippen LogP contribution >= 0.6 is 11.6 Å². The Bertz CT molecular complexity index is 1260. The molecule has 2 heterocycles. The summed E-state index contributed by atoms with van der Waals surface area (Å²) in [6.07, 6.45) is 14.6. The number of nitrogens with one attached hydrogen (secondary N) is 2. The number of hydrogen-bond acceptors (Lipinski definition) is 7. The smallest absolute Gasteiger partial charge is 0.263 e. The van der Waals surface area contributed by atoms with Gasteiger partial charge >= 0.3 is 0 Å². The molecular weight excluding hydrogens is 474 g/mol. The summed E-state index contributed by atoms with van der Waals surface area (Å²) >= 11 is 6.03. The maximum absolute atomic E-state index is 12.7. The van der Waals surface area contributed by atoms with Crippen LogP contribution in [0.25, 0.3) is 12.2 Å². The Labute approximate surface area is 204 Å². The number of nitrogens with zero attached hydrogens (tertiary/aromatic N) is 3. The third-order valence-corrected chi connectivity index (χ3v) is 7.41. The standard InChI is InChI=1S/C24H26ClN5O3S/c1-33-22-13-19(30-34(31,32)23-10-6-5-9-20(23)25)16-26-21(22)12-11-17-14-27-24(28-15-17)29-18-7-3-2-4-8-18/h5-6,9-16,18,30H,2-4,7-8H2,1H3,(H,27,28,29)/b12-11+. The van der Waals surface area contributed by atoms with Crippen LogP contribution in [0.15, 0.2) is 53.8 Å². The SMILES string of the molecule is COc1cc(NS(=O)(=O)c2ccccc2Cl)cnc1/C=C/c1cnc(NC2CCCCC2)nc1.